The average Bonchev–Trinajstić information content (AvgIpc) is 3.18. The lowest BCUT2D eigenvalue weighted by molar-refractivity contribution is -0.118. The van der Waals surface area contributed by atoms with E-state index in [1.165, 1.54) is 12.1 Å². The number of aromatic nitrogens is 1. The highest BCUT2D eigenvalue weighted by atomic mass is 19.1. The molecule has 0 saturated carbocycles. The minimum Gasteiger partial charge on any atom is -0.494 e. The van der Waals surface area contributed by atoms with E-state index in [0.29, 0.717) is 40.8 Å². The molecule has 0 saturated heterocycles. The van der Waals surface area contributed by atoms with Gasteiger partial charge in [0.1, 0.15) is 5.82 Å². The fourth-order valence-corrected chi connectivity index (χ4v) is 3.98. The number of aromatic hydroxyl groups is 1. The Bertz CT molecular complexity index is 1340. The van der Waals surface area contributed by atoms with E-state index in [1.807, 2.05) is 80.5 Å². The van der Waals surface area contributed by atoms with Crippen molar-refractivity contribution in [2.45, 2.75) is 13.3 Å². The van der Waals surface area contributed by atoms with Crippen molar-refractivity contribution in [1.82, 2.24) is 9.88 Å². The van der Waals surface area contributed by atoms with Crippen LogP contribution >= 0.6 is 0 Å². The molecule has 0 bridgehead atoms. The highest BCUT2D eigenvalue weighted by Crippen LogP contribution is 2.32. The predicted molar refractivity (Wildman–Crippen MR) is 139 cm³/mol. The summed E-state index contributed by atoms with van der Waals surface area (Å²) >= 11 is 0. The number of anilines is 1. The Kier molecular flexibility index (Phi) is 7.27. The lowest BCUT2D eigenvalue weighted by Crippen LogP contribution is -2.36. The molecule has 0 aliphatic rings. The number of rotatable bonds is 8. The number of aliphatic imine (C=N–C) groups is 1. The number of aromatic amines is 1. The quantitative estimate of drug-likeness (QED) is 0.333. The van der Waals surface area contributed by atoms with Crippen LogP contribution in [0.1, 0.15) is 24.5 Å². The van der Waals surface area contributed by atoms with Crippen LogP contribution in [0.15, 0.2) is 77.8 Å². The topological polar surface area (TPSA) is 71.9 Å². The van der Waals surface area contributed by atoms with E-state index in [4.69, 9.17) is 4.99 Å². The maximum atomic E-state index is 13.8. The fraction of sp³-hybridized carbons (Fsp3) is 0.214. The SMILES string of the molecule is CCC(=O)N(CCN(C)C)c1ccc(N=C(c2ccccc2)c2c(O)[nH]c3cc(F)ccc23)cc1. The van der Waals surface area contributed by atoms with Crippen molar-refractivity contribution in [2.75, 3.05) is 32.1 Å². The van der Waals surface area contributed by atoms with E-state index >= 15 is 0 Å². The molecule has 0 aliphatic heterocycles. The van der Waals surface area contributed by atoms with Crippen LogP contribution in [0.2, 0.25) is 0 Å². The van der Waals surface area contributed by atoms with Gasteiger partial charge >= 0.3 is 0 Å². The summed E-state index contributed by atoms with van der Waals surface area (Å²) in [6, 6.07) is 21.4. The van der Waals surface area contributed by atoms with Crippen LogP contribution in [0, 0.1) is 5.82 Å². The Hall–Kier alpha value is -3.97. The van der Waals surface area contributed by atoms with Crippen molar-refractivity contribution in [2.24, 2.45) is 4.99 Å². The van der Waals surface area contributed by atoms with Crippen molar-refractivity contribution >= 4 is 33.9 Å². The molecule has 0 aliphatic carbocycles. The molecule has 3 aromatic carbocycles. The minimum atomic E-state index is -0.389. The van der Waals surface area contributed by atoms with Gasteiger partial charge in [0.05, 0.1) is 22.5 Å². The van der Waals surface area contributed by atoms with Crippen molar-refractivity contribution < 1.29 is 14.3 Å². The second-order valence-corrected chi connectivity index (χ2v) is 8.58. The van der Waals surface area contributed by atoms with Gasteiger partial charge in [-0.25, -0.2) is 9.38 Å². The number of fused-ring (bicyclic) bond motifs is 1. The minimum absolute atomic E-state index is 0.0593. The second kappa shape index (κ2) is 10.5. The normalized spacial score (nSPS) is 11.9. The average molecular weight is 473 g/mol. The van der Waals surface area contributed by atoms with Crippen LogP contribution in [0.5, 0.6) is 5.88 Å². The van der Waals surface area contributed by atoms with Gasteiger partial charge in [-0.15, -0.1) is 0 Å². The van der Waals surface area contributed by atoms with Crippen LogP contribution in [-0.4, -0.2) is 53.8 Å². The molecule has 1 aromatic heterocycles. The number of H-pyrrole nitrogens is 1. The molecular formula is C28H29FN4O2. The molecule has 1 amide bonds. The molecule has 180 valence electrons. The third kappa shape index (κ3) is 5.41. The fourth-order valence-electron chi connectivity index (χ4n) is 3.98. The largest absolute Gasteiger partial charge is 0.494 e. The zero-order valence-electron chi connectivity index (χ0n) is 20.1. The van der Waals surface area contributed by atoms with Crippen LogP contribution in [0.25, 0.3) is 10.9 Å². The molecule has 2 N–H and O–H groups in total. The van der Waals surface area contributed by atoms with Gasteiger partial charge < -0.3 is 19.9 Å². The molecule has 0 fully saturated rings. The Morgan fingerprint density at radius 3 is 2.37 bits per heavy atom. The van der Waals surface area contributed by atoms with Crippen LogP contribution in [0.3, 0.4) is 0 Å². The number of hydrogen-bond acceptors (Lipinski definition) is 4. The molecule has 4 rings (SSSR count). The first-order chi connectivity index (χ1) is 16.9. The molecule has 7 heteroatoms. The molecule has 0 atom stereocenters. The second-order valence-electron chi connectivity index (χ2n) is 8.58. The monoisotopic (exact) mass is 472 g/mol. The van der Waals surface area contributed by atoms with Gasteiger partial charge in [0.2, 0.25) is 5.91 Å². The number of halogens is 1. The van der Waals surface area contributed by atoms with Crippen molar-refractivity contribution in [3.63, 3.8) is 0 Å². The Balaban J connectivity index is 1.77. The summed E-state index contributed by atoms with van der Waals surface area (Å²) in [7, 11) is 3.96. The number of hydrogen-bond donors (Lipinski definition) is 2. The number of nitrogens with one attached hydrogen (secondary N) is 1. The summed E-state index contributed by atoms with van der Waals surface area (Å²) in [6.07, 6.45) is 0.423. The Morgan fingerprint density at radius 2 is 1.71 bits per heavy atom. The molecule has 0 radical (unpaired) electrons. The molecule has 35 heavy (non-hydrogen) atoms. The third-order valence-corrected chi connectivity index (χ3v) is 5.80. The van der Waals surface area contributed by atoms with Crippen molar-refractivity contribution in [3.05, 3.63) is 89.7 Å². The Morgan fingerprint density at radius 1 is 1.00 bits per heavy atom. The van der Waals surface area contributed by atoms with E-state index in [0.717, 1.165) is 17.8 Å². The molecule has 0 unspecified atom stereocenters. The number of amides is 1. The summed E-state index contributed by atoms with van der Waals surface area (Å²) in [4.78, 5) is 24.1. The molecule has 0 spiro atoms. The van der Waals surface area contributed by atoms with Gasteiger partial charge in [0.15, 0.2) is 5.88 Å². The lowest BCUT2D eigenvalue weighted by Gasteiger charge is -2.24. The van der Waals surface area contributed by atoms with Gasteiger partial charge in [-0.2, -0.15) is 0 Å². The predicted octanol–water partition coefficient (Wildman–Crippen LogP) is 5.49. The number of carbonyl (C=O) groups excluding carboxylic acids is 1. The van der Waals surface area contributed by atoms with Gasteiger partial charge in [0.25, 0.3) is 0 Å². The van der Waals surface area contributed by atoms with E-state index in [2.05, 4.69) is 4.98 Å². The summed E-state index contributed by atoms with van der Waals surface area (Å²) < 4.78 is 13.8. The van der Waals surface area contributed by atoms with Crippen LogP contribution in [0.4, 0.5) is 15.8 Å². The highest BCUT2D eigenvalue weighted by molar-refractivity contribution is 6.21. The number of benzene rings is 3. The smallest absolute Gasteiger partial charge is 0.226 e. The van der Waals surface area contributed by atoms with E-state index in [9.17, 15) is 14.3 Å². The van der Waals surface area contributed by atoms with E-state index in [1.54, 1.807) is 11.0 Å². The van der Waals surface area contributed by atoms with Crippen molar-refractivity contribution in [3.8, 4) is 5.88 Å². The van der Waals surface area contributed by atoms with Gasteiger partial charge in [-0.05, 0) is 56.6 Å². The summed E-state index contributed by atoms with van der Waals surface area (Å²) in [5, 5.41) is 11.4. The molecular weight excluding hydrogens is 443 g/mol. The Labute approximate surface area is 204 Å². The lowest BCUT2D eigenvalue weighted by atomic mass is 10.0. The van der Waals surface area contributed by atoms with Gasteiger partial charge in [0, 0.05) is 36.1 Å². The van der Waals surface area contributed by atoms with Gasteiger partial charge in [-0.1, -0.05) is 37.3 Å². The van der Waals surface area contributed by atoms with Gasteiger partial charge in [-0.3, -0.25) is 4.79 Å². The highest BCUT2D eigenvalue weighted by Gasteiger charge is 2.19. The maximum Gasteiger partial charge on any atom is 0.226 e. The first-order valence-corrected chi connectivity index (χ1v) is 11.6. The van der Waals surface area contributed by atoms with E-state index in [-0.39, 0.29) is 17.6 Å². The van der Waals surface area contributed by atoms with Crippen molar-refractivity contribution in [1.29, 1.82) is 0 Å². The number of likely N-dealkylation sites (N-methyl/N-ethyl adjacent to an activating group) is 1. The summed E-state index contributed by atoms with van der Waals surface area (Å²) in [5.74, 6) is -0.406. The van der Waals surface area contributed by atoms with E-state index < -0.39 is 0 Å². The first-order valence-electron chi connectivity index (χ1n) is 11.6. The third-order valence-electron chi connectivity index (χ3n) is 5.80. The number of carbonyl (C=O) groups is 1. The maximum absolute atomic E-state index is 13.8. The number of nitrogens with zero attached hydrogens (tertiary/aromatic N) is 3. The zero-order valence-corrected chi connectivity index (χ0v) is 20.1. The molecule has 1 heterocycles. The summed E-state index contributed by atoms with van der Waals surface area (Å²) in [5.41, 5.74) is 3.84. The van der Waals surface area contributed by atoms with Crippen LogP contribution < -0.4 is 4.90 Å². The van der Waals surface area contributed by atoms with Crippen LogP contribution in [-0.2, 0) is 4.79 Å². The zero-order chi connectivity index (χ0) is 24.9. The first kappa shape index (κ1) is 24.2. The summed E-state index contributed by atoms with van der Waals surface area (Å²) in [6.45, 7) is 3.21. The standard InChI is InChI=1S/C28H29FN4O2/c1-4-25(34)33(17-16-32(2)3)22-13-11-21(12-14-22)30-27(19-8-6-5-7-9-19)26-23-15-10-20(29)18-24(23)31-28(26)35/h5-15,18,31,35H,4,16-17H2,1-3H3. The molecule has 6 nitrogen and oxygen atoms in total. The molecule has 4 aromatic rings.